The van der Waals surface area contributed by atoms with Gasteiger partial charge < -0.3 is 13.9 Å². The van der Waals surface area contributed by atoms with Gasteiger partial charge in [0.15, 0.2) is 0 Å². The van der Waals surface area contributed by atoms with Crippen LogP contribution in [0.2, 0.25) is 0 Å². The number of nitrogens with zero attached hydrogens (tertiary/aromatic N) is 5. The summed E-state index contributed by atoms with van der Waals surface area (Å²) in [5.41, 5.74) is 4.03. The summed E-state index contributed by atoms with van der Waals surface area (Å²) in [6.07, 6.45) is 9.53. The molecule has 1 aliphatic carbocycles. The molecule has 2 heterocycles. The second-order valence-electron chi connectivity index (χ2n) is 6.90. The summed E-state index contributed by atoms with van der Waals surface area (Å²) >= 11 is 3.59. The van der Waals surface area contributed by atoms with E-state index in [2.05, 4.69) is 56.2 Å². The Morgan fingerprint density at radius 2 is 2.25 bits per heavy atom. The Kier molecular flexibility index (Phi) is 5.17. The number of fused-ring (bicyclic) bond motifs is 1. The first-order valence-electron chi connectivity index (χ1n) is 9.16. The smallest absolute Gasteiger partial charge is 0.140 e. The number of methoxy groups -OCH3 is 1. The number of allylic oxidation sites excluding steroid dienone is 2. The molecule has 6 nitrogen and oxygen atoms in total. The summed E-state index contributed by atoms with van der Waals surface area (Å²) in [6.45, 7) is 6.27. The van der Waals surface area contributed by atoms with Crippen molar-refractivity contribution in [2.24, 2.45) is 4.99 Å². The molecule has 1 aromatic carbocycles. The number of imidazole rings is 2. The monoisotopic (exact) mass is 439 g/mol. The highest BCUT2D eigenvalue weighted by Crippen LogP contribution is 2.41. The van der Waals surface area contributed by atoms with Gasteiger partial charge in [-0.25, -0.2) is 9.97 Å². The van der Waals surface area contributed by atoms with Crippen molar-refractivity contribution in [2.75, 3.05) is 7.11 Å². The molecule has 4 rings (SSSR count). The molecular weight excluding hydrogens is 418 g/mol. The number of aromatic nitrogens is 4. The number of benzene rings is 1. The number of hydrogen-bond acceptors (Lipinski definition) is 4. The van der Waals surface area contributed by atoms with Crippen molar-refractivity contribution in [3.8, 4) is 0 Å². The van der Waals surface area contributed by atoms with Crippen LogP contribution in [0.25, 0.3) is 16.6 Å². The molecule has 0 bridgehead atoms. The minimum absolute atomic E-state index is 0.487. The van der Waals surface area contributed by atoms with Gasteiger partial charge >= 0.3 is 0 Å². The molecule has 7 heteroatoms. The van der Waals surface area contributed by atoms with Crippen molar-refractivity contribution >= 4 is 39.3 Å². The van der Waals surface area contributed by atoms with Crippen molar-refractivity contribution in [1.82, 2.24) is 19.1 Å². The highest BCUT2D eigenvalue weighted by molar-refractivity contribution is 9.10. The molecule has 1 aliphatic rings. The Hall–Kier alpha value is -2.67. The van der Waals surface area contributed by atoms with Gasteiger partial charge in [-0.1, -0.05) is 15.9 Å². The molecule has 144 valence electrons. The molecule has 0 atom stereocenters. The molecule has 2 aromatic heterocycles. The molecule has 0 N–H and O–H groups in total. The Labute approximate surface area is 172 Å². The second kappa shape index (κ2) is 7.75. The Morgan fingerprint density at radius 3 is 2.89 bits per heavy atom. The average Bonchev–Trinajstić information content (AvgIpc) is 3.25. The van der Waals surface area contributed by atoms with Crippen LogP contribution >= 0.6 is 15.9 Å². The van der Waals surface area contributed by atoms with Gasteiger partial charge in [-0.05, 0) is 44.7 Å². The van der Waals surface area contributed by atoms with Gasteiger partial charge in [0.05, 0.1) is 31.0 Å². The van der Waals surface area contributed by atoms with Crippen LogP contribution in [-0.4, -0.2) is 32.9 Å². The predicted octanol–water partition coefficient (Wildman–Crippen LogP) is 4.99. The first-order chi connectivity index (χ1) is 13.6. The van der Waals surface area contributed by atoms with E-state index in [0.717, 1.165) is 38.2 Å². The zero-order valence-electron chi connectivity index (χ0n) is 16.0. The van der Waals surface area contributed by atoms with Crippen LogP contribution in [0.15, 0.2) is 63.9 Å². The highest BCUT2D eigenvalue weighted by Gasteiger charge is 2.30. The molecule has 0 unspecified atom stereocenters. The number of rotatable bonds is 7. The van der Waals surface area contributed by atoms with Gasteiger partial charge in [0.25, 0.3) is 0 Å². The lowest BCUT2D eigenvalue weighted by Crippen LogP contribution is -2.07. The fraction of sp³-hybridized carbons (Fsp3) is 0.286. The lowest BCUT2D eigenvalue weighted by molar-refractivity contribution is 0.298. The van der Waals surface area contributed by atoms with E-state index in [0.29, 0.717) is 12.6 Å². The van der Waals surface area contributed by atoms with Gasteiger partial charge in [-0.3, -0.25) is 4.99 Å². The van der Waals surface area contributed by atoms with Crippen LogP contribution in [-0.2, 0) is 11.3 Å². The summed E-state index contributed by atoms with van der Waals surface area (Å²) < 4.78 is 11.2. The van der Waals surface area contributed by atoms with Gasteiger partial charge in [0.2, 0.25) is 0 Å². The normalized spacial score (nSPS) is 15.6. The van der Waals surface area contributed by atoms with Crippen LogP contribution in [0.4, 0.5) is 0 Å². The largest absolute Gasteiger partial charge is 0.496 e. The summed E-state index contributed by atoms with van der Waals surface area (Å²) in [6, 6.07) is 6.70. The zero-order chi connectivity index (χ0) is 19.7. The maximum absolute atomic E-state index is 5.83. The molecular formula is C21H22BrN5O. The van der Waals surface area contributed by atoms with Gasteiger partial charge in [-0.15, -0.1) is 0 Å². The molecule has 0 radical (unpaired) electrons. The van der Waals surface area contributed by atoms with E-state index in [9.17, 15) is 0 Å². The fourth-order valence-electron chi connectivity index (χ4n) is 3.52. The lowest BCUT2D eigenvalue weighted by atomic mass is 10.1. The number of halogens is 1. The maximum Gasteiger partial charge on any atom is 0.140 e. The molecule has 0 saturated heterocycles. The van der Waals surface area contributed by atoms with E-state index in [4.69, 9.17) is 9.72 Å². The summed E-state index contributed by atoms with van der Waals surface area (Å²) in [4.78, 5) is 13.0. The van der Waals surface area contributed by atoms with Crippen molar-refractivity contribution in [2.45, 2.75) is 32.4 Å². The topological polar surface area (TPSA) is 57.2 Å². The Morgan fingerprint density at radius 1 is 1.43 bits per heavy atom. The van der Waals surface area contributed by atoms with Crippen molar-refractivity contribution < 1.29 is 4.74 Å². The summed E-state index contributed by atoms with van der Waals surface area (Å²) in [7, 11) is 1.68. The van der Waals surface area contributed by atoms with Crippen molar-refractivity contribution in [3.63, 3.8) is 0 Å². The quantitative estimate of drug-likeness (QED) is 0.296. The SMILES string of the molecule is C=N/C=C(Cn1ccnc1)\C(OC)=C(/C)c1nc2ccc(Br)cc2n1C1CC1. The molecule has 0 spiro atoms. The first-order valence-corrected chi connectivity index (χ1v) is 9.95. The zero-order valence-corrected chi connectivity index (χ0v) is 17.6. The summed E-state index contributed by atoms with van der Waals surface area (Å²) in [5, 5.41) is 0. The van der Waals surface area contributed by atoms with E-state index in [1.54, 1.807) is 25.8 Å². The van der Waals surface area contributed by atoms with E-state index in [1.807, 2.05) is 16.8 Å². The summed E-state index contributed by atoms with van der Waals surface area (Å²) in [5.74, 6) is 1.70. The first kappa shape index (κ1) is 18.7. The van der Waals surface area contributed by atoms with E-state index >= 15 is 0 Å². The Balaban J connectivity index is 1.85. The Bertz CT molecular complexity index is 1070. The molecule has 1 fully saturated rings. The third-order valence-corrected chi connectivity index (χ3v) is 5.39. The number of aliphatic imine (C=N–C) groups is 1. The second-order valence-corrected chi connectivity index (χ2v) is 7.82. The van der Waals surface area contributed by atoms with E-state index in [1.165, 1.54) is 12.8 Å². The maximum atomic E-state index is 5.83. The van der Waals surface area contributed by atoms with Crippen LogP contribution in [0.5, 0.6) is 0 Å². The molecule has 28 heavy (non-hydrogen) atoms. The molecule has 0 amide bonds. The average molecular weight is 440 g/mol. The van der Waals surface area contributed by atoms with Gasteiger partial charge in [-0.2, -0.15) is 0 Å². The van der Waals surface area contributed by atoms with Crippen LogP contribution in [0.1, 0.15) is 31.6 Å². The molecule has 1 saturated carbocycles. The van der Waals surface area contributed by atoms with Crippen LogP contribution < -0.4 is 0 Å². The number of ether oxygens (including phenoxy) is 1. The third-order valence-electron chi connectivity index (χ3n) is 4.89. The standard InChI is InChI=1S/C21H22BrN5O/c1-14(20(28-3)15(11-23-2)12-26-9-8-24-13-26)21-25-18-7-4-16(22)10-19(18)27(21)17-5-6-17/h4,7-11,13,17H,2,5-6,12H2,1,3H3/b15-11-,20-14-. The van der Waals surface area contributed by atoms with Gasteiger partial charge in [0, 0.05) is 40.3 Å². The fourth-order valence-corrected chi connectivity index (χ4v) is 3.87. The minimum atomic E-state index is 0.487. The number of hydrogen-bond donors (Lipinski definition) is 0. The minimum Gasteiger partial charge on any atom is -0.496 e. The lowest BCUT2D eigenvalue weighted by Gasteiger charge is -2.16. The van der Waals surface area contributed by atoms with Crippen molar-refractivity contribution in [1.29, 1.82) is 0 Å². The van der Waals surface area contributed by atoms with Crippen LogP contribution in [0.3, 0.4) is 0 Å². The molecule has 0 aliphatic heterocycles. The third kappa shape index (κ3) is 3.54. The van der Waals surface area contributed by atoms with E-state index < -0.39 is 0 Å². The highest BCUT2D eigenvalue weighted by atomic mass is 79.9. The van der Waals surface area contributed by atoms with E-state index in [-0.39, 0.29) is 0 Å². The van der Waals surface area contributed by atoms with Crippen molar-refractivity contribution in [3.05, 3.63) is 64.7 Å². The predicted molar refractivity (Wildman–Crippen MR) is 115 cm³/mol. The van der Waals surface area contributed by atoms with Gasteiger partial charge in [0.1, 0.15) is 11.6 Å². The van der Waals surface area contributed by atoms with Crippen LogP contribution in [0, 0.1) is 0 Å². The molecule has 3 aromatic rings.